The molecule has 0 N–H and O–H groups in total. The number of amides is 1. The van der Waals surface area contributed by atoms with E-state index < -0.39 is 17.2 Å². The number of carbonyl (C=O) groups excluding carboxylic acids is 2. The third kappa shape index (κ3) is 1.98. The topological polar surface area (TPSA) is 59.1 Å². The van der Waals surface area contributed by atoms with Crippen molar-refractivity contribution in [3.05, 3.63) is 29.8 Å². The smallest absolute Gasteiger partial charge is 0.326 e. The number of ether oxygens (including phenoxy) is 2. The van der Waals surface area contributed by atoms with E-state index >= 15 is 0 Å². The molecule has 1 aromatic rings. The van der Waals surface area contributed by atoms with Crippen molar-refractivity contribution in [1.82, 2.24) is 0 Å². The highest BCUT2D eigenvalue weighted by atomic mass is 16.6. The standard InChI is InChI=1S/C15H17NO4/c1-14(2,3)20-12(17)8-16-11-7-5-4-6-10(11)15(9-19-15)13(16)18/h4-7H,8-9H2,1-3H3. The third-order valence-corrected chi connectivity index (χ3v) is 3.36. The zero-order chi connectivity index (χ0) is 14.5. The molecule has 5 nitrogen and oxygen atoms in total. The number of esters is 1. The molecule has 5 heteroatoms. The largest absolute Gasteiger partial charge is 0.459 e. The molecule has 20 heavy (non-hydrogen) atoms. The van der Waals surface area contributed by atoms with Crippen molar-refractivity contribution >= 4 is 17.6 Å². The number of hydrogen-bond acceptors (Lipinski definition) is 4. The lowest BCUT2D eigenvalue weighted by atomic mass is 10.0. The lowest BCUT2D eigenvalue weighted by Crippen LogP contribution is -2.39. The van der Waals surface area contributed by atoms with Gasteiger partial charge in [-0.05, 0) is 26.8 Å². The van der Waals surface area contributed by atoms with E-state index in [9.17, 15) is 9.59 Å². The molecule has 1 atom stereocenters. The van der Waals surface area contributed by atoms with Crippen LogP contribution in [0.3, 0.4) is 0 Å². The molecule has 0 radical (unpaired) electrons. The maximum atomic E-state index is 12.4. The fraction of sp³-hybridized carbons (Fsp3) is 0.467. The number of nitrogens with zero attached hydrogens (tertiary/aromatic N) is 1. The molecule has 2 heterocycles. The lowest BCUT2D eigenvalue weighted by Gasteiger charge is -2.22. The van der Waals surface area contributed by atoms with Crippen LogP contribution in [0.1, 0.15) is 26.3 Å². The van der Waals surface area contributed by atoms with Gasteiger partial charge in [0.2, 0.25) is 0 Å². The first-order valence-corrected chi connectivity index (χ1v) is 6.61. The van der Waals surface area contributed by atoms with Crippen LogP contribution in [0.15, 0.2) is 24.3 Å². The second-order valence-corrected chi connectivity index (χ2v) is 6.11. The molecule has 1 fully saturated rings. The van der Waals surface area contributed by atoms with Gasteiger partial charge < -0.3 is 9.47 Å². The van der Waals surface area contributed by atoms with Gasteiger partial charge in [-0.15, -0.1) is 0 Å². The zero-order valence-corrected chi connectivity index (χ0v) is 11.8. The maximum absolute atomic E-state index is 12.4. The van der Waals surface area contributed by atoms with Crippen molar-refractivity contribution in [2.24, 2.45) is 0 Å². The molecular weight excluding hydrogens is 258 g/mol. The molecule has 1 unspecified atom stereocenters. The van der Waals surface area contributed by atoms with E-state index in [-0.39, 0.29) is 12.5 Å². The highest BCUT2D eigenvalue weighted by molar-refractivity contribution is 6.10. The summed E-state index contributed by atoms with van der Waals surface area (Å²) in [5.41, 5.74) is 0.167. The highest BCUT2D eigenvalue weighted by Gasteiger charge is 2.61. The van der Waals surface area contributed by atoms with Gasteiger partial charge in [0, 0.05) is 5.56 Å². The highest BCUT2D eigenvalue weighted by Crippen LogP contribution is 2.50. The van der Waals surface area contributed by atoms with Crippen molar-refractivity contribution in [3.63, 3.8) is 0 Å². The number of fused-ring (bicyclic) bond motifs is 2. The van der Waals surface area contributed by atoms with Crippen molar-refractivity contribution in [2.45, 2.75) is 32.0 Å². The molecule has 3 rings (SSSR count). The Morgan fingerprint density at radius 3 is 2.65 bits per heavy atom. The van der Waals surface area contributed by atoms with Crippen molar-refractivity contribution in [3.8, 4) is 0 Å². The molecule has 2 aliphatic heterocycles. The number of carbonyl (C=O) groups is 2. The molecule has 0 aromatic heterocycles. The molecular formula is C15H17NO4. The quantitative estimate of drug-likeness (QED) is 0.607. The summed E-state index contributed by atoms with van der Waals surface area (Å²) in [4.78, 5) is 25.8. The Morgan fingerprint density at radius 2 is 2.05 bits per heavy atom. The Hall–Kier alpha value is -1.88. The van der Waals surface area contributed by atoms with Crippen LogP contribution in [0, 0.1) is 0 Å². The average Bonchev–Trinajstić information content (AvgIpc) is 3.10. The zero-order valence-electron chi connectivity index (χ0n) is 11.8. The summed E-state index contributed by atoms with van der Waals surface area (Å²) >= 11 is 0. The fourth-order valence-corrected chi connectivity index (χ4v) is 2.50. The second-order valence-electron chi connectivity index (χ2n) is 6.11. The normalized spacial score (nSPS) is 23.9. The monoisotopic (exact) mass is 275 g/mol. The Bertz CT molecular complexity index is 584. The van der Waals surface area contributed by atoms with Crippen molar-refractivity contribution in [2.75, 3.05) is 18.1 Å². The molecule has 1 saturated heterocycles. The van der Waals surface area contributed by atoms with Gasteiger partial charge in [-0.1, -0.05) is 18.2 Å². The summed E-state index contributed by atoms with van der Waals surface area (Å²) < 4.78 is 10.6. The number of hydrogen-bond donors (Lipinski definition) is 0. The van der Waals surface area contributed by atoms with Crippen LogP contribution >= 0.6 is 0 Å². The van der Waals surface area contributed by atoms with Gasteiger partial charge >= 0.3 is 5.97 Å². The summed E-state index contributed by atoms with van der Waals surface area (Å²) in [6.07, 6.45) is 0. The molecule has 1 spiro atoms. The van der Waals surface area contributed by atoms with Gasteiger partial charge in [0.25, 0.3) is 5.91 Å². The summed E-state index contributed by atoms with van der Waals surface area (Å²) in [6.45, 7) is 5.70. The molecule has 0 bridgehead atoms. The molecule has 0 aliphatic carbocycles. The third-order valence-electron chi connectivity index (χ3n) is 3.36. The van der Waals surface area contributed by atoms with Crippen molar-refractivity contribution in [1.29, 1.82) is 0 Å². The number of benzene rings is 1. The fourth-order valence-electron chi connectivity index (χ4n) is 2.50. The molecule has 1 aromatic carbocycles. The average molecular weight is 275 g/mol. The molecule has 2 aliphatic rings. The Balaban J connectivity index is 1.85. The first-order chi connectivity index (χ1) is 9.33. The van der Waals surface area contributed by atoms with E-state index in [4.69, 9.17) is 9.47 Å². The minimum absolute atomic E-state index is 0.0851. The van der Waals surface area contributed by atoms with Crippen LogP contribution in [0.2, 0.25) is 0 Å². The molecule has 0 saturated carbocycles. The van der Waals surface area contributed by atoms with E-state index in [1.807, 2.05) is 24.3 Å². The minimum Gasteiger partial charge on any atom is -0.459 e. The number of anilines is 1. The van der Waals surface area contributed by atoms with Gasteiger partial charge in [-0.25, -0.2) is 0 Å². The molecule has 106 valence electrons. The summed E-state index contributed by atoms with van der Waals surface area (Å²) in [5.74, 6) is -0.595. The van der Waals surface area contributed by atoms with Crippen LogP contribution < -0.4 is 4.90 Å². The van der Waals surface area contributed by atoms with Crippen LogP contribution in [-0.2, 0) is 24.7 Å². The van der Waals surface area contributed by atoms with E-state index in [0.29, 0.717) is 6.61 Å². The predicted octanol–water partition coefficient (Wildman–Crippen LogP) is 1.60. The number of para-hydroxylation sites is 1. The van der Waals surface area contributed by atoms with Crippen LogP contribution in [0.5, 0.6) is 0 Å². The first kappa shape index (κ1) is 13.1. The van der Waals surface area contributed by atoms with Gasteiger partial charge in [0.05, 0.1) is 12.3 Å². The van der Waals surface area contributed by atoms with Gasteiger partial charge in [-0.2, -0.15) is 0 Å². The van der Waals surface area contributed by atoms with Crippen LogP contribution in [0.4, 0.5) is 5.69 Å². The van der Waals surface area contributed by atoms with Gasteiger partial charge in [-0.3, -0.25) is 14.5 Å². The Morgan fingerprint density at radius 1 is 1.40 bits per heavy atom. The Labute approximate surface area is 117 Å². The van der Waals surface area contributed by atoms with E-state index in [1.165, 1.54) is 4.90 Å². The van der Waals surface area contributed by atoms with Gasteiger partial charge in [0.15, 0.2) is 5.60 Å². The number of rotatable bonds is 2. The summed E-state index contributed by atoms with van der Waals surface area (Å²) in [5, 5.41) is 0. The second kappa shape index (κ2) is 4.06. The number of epoxide rings is 1. The van der Waals surface area contributed by atoms with Crippen molar-refractivity contribution < 1.29 is 19.1 Å². The predicted molar refractivity (Wildman–Crippen MR) is 72.3 cm³/mol. The Kier molecular flexibility index (Phi) is 2.66. The minimum atomic E-state index is -0.849. The van der Waals surface area contributed by atoms with E-state index in [1.54, 1.807) is 20.8 Å². The maximum Gasteiger partial charge on any atom is 0.326 e. The van der Waals surface area contributed by atoms with Crippen LogP contribution in [-0.4, -0.2) is 30.6 Å². The van der Waals surface area contributed by atoms with E-state index in [0.717, 1.165) is 11.3 Å². The SMILES string of the molecule is CC(C)(C)OC(=O)CN1C(=O)C2(CO2)c2ccccc21. The van der Waals surface area contributed by atoms with E-state index in [2.05, 4.69) is 0 Å². The first-order valence-electron chi connectivity index (χ1n) is 6.61. The summed E-state index contributed by atoms with van der Waals surface area (Å²) in [7, 11) is 0. The van der Waals surface area contributed by atoms with Gasteiger partial charge in [0.1, 0.15) is 12.1 Å². The lowest BCUT2D eigenvalue weighted by molar-refractivity contribution is -0.153. The molecule has 1 amide bonds. The summed E-state index contributed by atoms with van der Waals surface area (Å²) in [6, 6.07) is 7.41. The van der Waals surface area contributed by atoms with Crippen LogP contribution in [0.25, 0.3) is 0 Å².